The number of Topliss-reactive ketones (excluding diaryl/α,β-unsaturated/α-hetero) is 1. The zero-order chi connectivity index (χ0) is 26.8. The van der Waals surface area contributed by atoms with E-state index in [0.29, 0.717) is 47.0 Å². The predicted octanol–water partition coefficient (Wildman–Crippen LogP) is 3.12. The van der Waals surface area contributed by atoms with Crippen molar-refractivity contribution in [2.45, 2.75) is 20.3 Å². The van der Waals surface area contributed by atoms with Gasteiger partial charge in [0, 0.05) is 44.1 Å². The molecular formula is C28H30N6O4. The molecule has 1 saturated heterocycles. The van der Waals surface area contributed by atoms with Crippen LogP contribution in [0.15, 0.2) is 55.0 Å². The summed E-state index contributed by atoms with van der Waals surface area (Å²) in [6, 6.07) is 11.0. The molecule has 5 rings (SSSR count). The van der Waals surface area contributed by atoms with E-state index in [1.165, 1.54) is 24.4 Å². The van der Waals surface area contributed by atoms with Crippen LogP contribution in [0.25, 0.3) is 16.7 Å². The van der Waals surface area contributed by atoms with Gasteiger partial charge in [-0.15, -0.1) is 0 Å². The number of rotatable bonds is 7. The monoisotopic (exact) mass is 514 g/mol. The van der Waals surface area contributed by atoms with Crippen LogP contribution in [0.5, 0.6) is 5.75 Å². The van der Waals surface area contributed by atoms with E-state index in [4.69, 9.17) is 4.74 Å². The number of fused-ring (bicyclic) bond motifs is 1. The Morgan fingerprint density at radius 2 is 1.74 bits per heavy atom. The normalized spacial score (nSPS) is 13.8. The van der Waals surface area contributed by atoms with E-state index in [2.05, 4.69) is 28.9 Å². The second kappa shape index (κ2) is 10.5. The summed E-state index contributed by atoms with van der Waals surface area (Å²) in [5.41, 5.74) is 2.31. The summed E-state index contributed by atoms with van der Waals surface area (Å²) in [7, 11) is 1.50. The molecule has 10 nitrogen and oxygen atoms in total. The zero-order valence-electron chi connectivity index (χ0n) is 21.7. The maximum atomic E-state index is 13.4. The Morgan fingerprint density at radius 1 is 1.03 bits per heavy atom. The van der Waals surface area contributed by atoms with Gasteiger partial charge in [0.25, 0.3) is 17.6 Å². The molecule has 2 amide bonds. The molecule has 4 heterocycles. The van der Waals surface area contributed by atoms with Gasteiger partial charge in [-0.3, -0.25) is 14.4 Å². The average molecular weight is 515 g/mol. The van der Waals surface area contributed by atoms with Crippen molar-refractivity contribution in [3.63, 3.8) is 0 Å². The largest absolute Gasteiger partial charge is 0.494 e. The number of nitrogens with one attached hydrogen (secondary N) is 1. The van der Waals surface area contributed by atoms with Crippen LogP contribution in [0.2, 0.25) is 0 Å². The highest BCUT2D eigenvalue weighted by Gasteiger charge is 2.31. The molecule has 0 atom stereocenters. The first-order valence-corrected chi connectivity index (χ1v) is 12.6. The van der Waals surface area contributed by atoms with Crippen molar-refractivity contribution in [3.05, 3.63) is 71.8 Å². The van der Waals surface area contributed by atoms with Gasteiger partial charge in [0.1, 0.15) is 5.75 Å². The van der Waals surface area contributed by atoms with Crippen LogP contribution in [-0.2, 0) is 11.2 Å². The lowest BCUT2D eigenvalue weighted by Gasteiger charge is -2.34. The van der Waals surface area contributed by atoms with Gasteiger partial charge in [-0.05, 0) is 30.5 Å². The van der Waals surface area contributed by atoms with Crippen LogP contribution in [-0.4, -0.2) is 80.4 Å². The molecule has 4 aromatic rings. The number of ether oxygens (including phenoxy) is 1. The first-order valence-electron chi connectivity index (χ1n) is 12.6. The molecular weight excluding hydrogens is 484 g/mol. The van der Waals surface area contributed by atoms with Crippen LogP contribution >= 0.6 is 0 Å². The van der Waals surface area contributed by atoms with Crippen LogP contribution in [0.3, 0.4) is 0 Å². The Morgan fingerprint density at radius 3 is 2.42 bits per heavy atom. The average Bonchev–Trinajstić information content (AvgIpc) is 3.59. The molecule has 196 valence electrons. The maximum absolute atomic E-state index is 13.4. The summed E-state index contributed by atoms with van der Waals surface area (Å²) in [5.74, 6) is 0.0121. The first kappa shape index (κ1) is 25.2. The predicted molar refractivity (Wildman–Crippen MR) is 142 cm³/mol. The lowest BCUT2D eigenvalue weighted by molar-refractivity contribution is -0.127. The number of carbonyl (C=O) groups excluding carboxylic acids is 3. The number of amides is 2. The summed E-state index contributed by atoms with van der Waals surface area (Å²) >= 11 is 0. The number of H-pyrrole nitrogens is 1. The number of piperazine rings is 1. The fourth-order valence-corrected chi connectivity index (χ4v) is 4.75. The number of pyridine rings is 1. The number of hydrogen-bond acceptors (Lipinski definition) is 6. The van der Waals surface area contributed by atoms with Gasteiger partial charge in [0.05, 0.1) is 35.5 Å². The molecule has 0 bridgehead atoms. The number of carbonyl (C=O) groups is 3. The Balaban J connectivity index is 1.36. The minimum atomic E-state index is -0.643. The molecule has 10 heteroatoms. The van der Waals surface area contributed by atoms with E-state index >= 15 is 0 Å². The highest BCUT2D eigenvalue weighted by atomic mass is 16.5. The molecule has 0 radical (unpaired) electrons. The molecule has 0 saturated carbocycles. The van der Waals surface area contributed by atoms with Crippen molar-refractivity contribution in [3.8, 4) is 11.6 Å². The van der Waals surface area contributed by atoms with Crippen molar-refractivity contribution in [1.29, 1.82) is 0 Å². The Labute approximate surface area is 220 Å². The van der Waals surface area contributed by atoms with Crippen LogP contribution in [0.1, 0.15) is 40.3 Å². The van der Waals surface area contributed by atoms with Gasteiger partial charge < -0.3 is 19.5 Å². The quantitative estimate of drug-likeness (QED) is 0.300. The Hall–Kier alpha value is -4.47. The molecule has 1 aromatic carbocycles. The van der Waals surface area contributed by atoms with Crippen molar-refractivity contribution in [2.75, 3.05) is 33.3 Å². The third-order valence-electron chi connectivity index (χ3n) is 6.67. The van der Waals surface area contributed by atoms with Crippen molar-refractivity contribution >= 4 is 28.5 Å². The van der Waals surface area contributed by atoms with Gasteiger partial charge in [-0.2, -0.15) is 5.10 Å². The van der Waals surface area contributed by atoms with Gasteiger partial charge in [-0.25, -0.2) is 9.67 Å². The van der Waals surface area contributed by atoms with Gasteiger partial charge >= 0.3 is 0 Å². The van der Waals surface area contributed by atoms with Gasteiger partial charge in [0.15, 0.2) is 5.82 Å². The van der Waals surface area contributed by atoms with E-state index in [1.54, 1.807) is 21.7 Å². The Bertz CT molecular complexity index is 1480. The van der Waals surface area contributed by atoms with Gasteiger partial charge in [-0.1, -0.05) is 32.0 Å². The SMILES string of the molecule is COc1cnc(-n2ccc(CC(C)C)n2)c2[nH]cc(C(=O)C(=O)N3CCN(C(=O)c4ccccc4)CC3)c12. The van der Waals surface area contributed by atoms with Crippen LogP contribution < -0.4 is 4.74 Å². The fourth-order valence-electron chi connectivity index (χ4n) is 4.75. The lowest BCUT2D eigenvalue weighted by Crippen LogP contribution is -2.52. The van der Waals surface area contributed by atoms with Crippen LogP contribution in [0, 0.1) is 5.92 Å². The molecule has 1 aliphatic heterocycles. The summed E-state index contributed by atoms with van der Waals surface area (Å²) in [6.07, 6.45) is 5.71. The molecule has 1 N–H and O–H groups in total. The first-order chi connectivity index (χ1) is 18.4. The number of benzene rings is 1. The van der Waals surface area contributed by atoms with E-state index in [0.717, 1.165) is 12.1 Å². The Kier molecular flexibility index (Phi) is 6.95. The highest BCUT2D eigenvalue weighted by molar-refractivity contribution is 6.45. The maximum Gasteiger partial charge on any atom is 0.295 e. The van der Waals surface area contributed by atoms with E-state index < -0.39 is 11.7 Å². The minimum Gasteiger partial charge on any atom is -0.494 e. The second-order valence-electron chi connectivity index (χ2n) is 9.73. The van der Waals surface area contributed by atoms with Crippen molar-refractivity contribution in [1.82, 2.24) is 29.5 Å². The third kappa shape index (κ3) is 4.77. The molecule has 0 aliphatic carbocycles. The molecule has 1 fully saturated rings. The molecule has 0 unspecified atom stereocenters. The van der Waals surface area contributed by atoms with Gasteiger partial charge in [0.2, 0.25) is 0 Å². The lowest BCUT2D eigenvalue weighted by atomic mass is 10.1. The van der Waals surface area contributed by atoms with E-state index in [1.807, 2.05) is 30.5 Å². The fraction of sp³-hybridized carbons (Fsp3) is 0.321. The van der Waals surface area contributed by atoms with Crippen LogP contribution in [0.4, 0.5) is 0 Å². The smallest absolute Gasteiger partial charge is 0.295 e. The number of aromatic nitrogens is 4. The molecule has 1 aliphatic rings. The summed E-state index contributed by atoms with van der Waals surface area (Å²) in [6.45, 7) is 5.53. The molecule has 38 heavy (non-hydrogen) atoms. The number of methoxy groups -OCH3 is 1. The molecule has 0 spiro atoms. The number of ketones is 1. The van der Waals surface area contributed by atoms with E-state index in [9.17, 15) is 14.4 Å². The number of hydrogen-bond donors (Lipinski definition) is 1. The summed E-state index contributed by atoms with van der Waals surface area (Å²) in [4.78, 5) is 50.2. The summed E-state index contributed by atoms with van der Waals surface area (Å²) in [5, 5.41) is 5.11. The second-order valence-corrected chi connectivity index (χ2v) is 9.73. The van der Waals surface area contributed by atoms with Crippen molar-refractivity contribution in [2.24, 2.45) is 5.92 Å². The number of nitrogens with zero attached hydrogens (tertiary/aromatic N) is 5. The summed E-state index contributed by atoms with van der Waals surface area (Å²) < 4.78 is 7.16. The highest BCUT2D eigenvalue weighted by Crippen LogP contribution is 2.32. The standard InChI is InChI=1S/C28H30N6O4/c1-18(2)15-20-9-10-34(31-20)26-24-23(22(38-3)17-30-26)21(16-29-24)25(35)28(37)33-13-11-32(12-14-33)27(36)19-7-5-4-6-8-19/h4-10,16-18,29H,11-15H2,1-3H3. The zero-order valence-corrected chi connectivity index (χ0v) is 21.7. The molecule has 3 aromatic heterocycles. The minimum absolute atomic E-state index is 0.0828. The van der Waals surface area contributed by atoms with Crippen molar-refractivity contribution < 1.29 is 19.1 Å². The topological polar surface area (TPSA) is 113 Å². The number of aromatic amines is 1. The third-order valence-corrected chi connectivity index (χ3v) is 6.67. The van der Waals surface area contributed by atoms with E-state index in [-0.39, 0.29) is 24.6 Å².